The van der Waals surface area contributed by atoms with Gasteiger partial charge in [0.2, 0.25) is 0 Å². The van der Waals surface area contributed by atoms with Crippen molar-refractivity contribution in [2.45, 2.75) is 20.3 Å². The summed E-state index contributed by atoms with van der Waals surface area (Å²) in [6.07, 6.45) is 0.709. The van der Waals surface area contributed by atoms with E-state index in [0.717, 1.165) is 15.8 Å². The summed E-state index contributed by atoms with van der Waals surface area (Å²) in [6, 6.07) is 0. The summed E-state index contributed by atoms with van der Waals surface area (Å²) in [6.45, 7) is 4.97. The van der Waals surface area contributed by atoms with E-state index in [2.05, 4.69) is 9.97 Å². The lowest BCUT2D eigenvalue weighted by Crippen LogP contribution is -2.30. The maximum atomic E-state index is 12.4. The molecule has 19 heavy (non-hydrogen) atoms. The molecule has 0 spiro atoms. The van der Waals surface area contributed by atoms with Gasteiger partial charge in [0.25, 0.3) is 5.91 Å². The number of thiazole rings is 2. The largest absolute Gasteiger partial charge is 0.330 e. The molecule has 0 aliphatic heterocycles. The van der Waals surface area contributed by atoms with Gasteiger partial charge in [-0.25, -0.2) is 9.97 Å². The predicted molar refractivity (Wildman–Crippen MR) is 79.1 cm³/mol. The van der Waals surface area contributed by atoms with Gasteiger partial charge in [0.1, 0.15) is 5.69 Å². The van der Waals surface area contributed by atoms with Crippen molar-refractivity contribution in [2.75, 3.05) is 18.0 Å². The molecule has 0 aliphatic carbocycles. The molecule has 2 heterocycles. The highest BCUT2D eigenvalue weighted by Crippen LogP contribution is 2.22. The number of aromatic nitrogens is 2. The van der Waals surface area contributed by atoms with E-state index in [0.29, 0.717) is 25.2 Å². The van der Waals surface area contributed by atoms with E-state index < -0.39 is 0 Å². The van der Waals surface area contributed by atoms with E-state index in [4.69, 9.17) is 5.73 Å². The van der Waals surface area contributed by atoms with Gasteiger partial charge in [-0.1, -0.05) is 0 Å². The van der Waals surface area contributed by atoms with Crippen molar-refractivity contribution in [3.05, 3.63) is 27.2 Å². The SMILES string of the molecule is CCN(C(=O)c1csc(CCN)n1)c1nc(C)cs1. The average molecular weight is 296 g/mol. The second-order valence-electron chi connectivity index (χ2n) is 3.99. The minimum atomic E-state index is -0.101. The number of amides is 1. The minimum absolute atomic E-state index is 0.101. The number of rotatable bonds is 5. The van der Waals surface area contributed by atoms with Gasteiger partial charge in [-0.15, -0.1) is 22.7 Å². The molecular formula is C12H16N4OS2. The molecule has 5 nitrogen and oxygen atoms in total. The summed E-state index contributed by atoms with van der Waals surface area (Å²) in [4.78, 5) is 22.7. The smallest absolute Gasteiger partial charge is 0.279 e. The molecule has 0 unspecified atom stereocenters. The molecule has 0 atom stereocenters. The zero-order chi connectivity index (χ0) is 13.8. The number of anilines is 1. The monoisotopic (exact) mass is 296 g/mol. The Balaban J connectivity index is 2.20. The van der Waals surface area contributed by atoms with Gasteiger partial charge in [0.15, 0.2) is 5.13 Å². The molecular weight excluding hydrogens is 280 g/mol. The highest BCUT2D eigenvalue weighted by atomic mass is 32.1. The molecule has 0 saturated carbocycles. The molecule has 0 bridgehead atoms. The third-order valence-electron chi connectivity index (χ3n) is 2.53. The van der Waals surface area contributed by atoms with Crippen molar-refractivity contribution in [2.24, 2.45) is 5.73 Å². The Bertz CT molecular complexity index is 564. The Morgan fingerprint density at radius 1 is 1.37 bits per heavy atom. The standard InChI is InChI=1S/C12H16N4OS2/c1-3-16(12-14-8(2)6-19-12)11(17)9-7-18-10(15-9)4-5-13/h6-7H,3-5,13H2,1-2H3. The van der Waals surface area contributed by atoms with E-state index in [1.807, 2.05) is 19.2 Å². The quantitative estimate of drug-likeness (QED) is 0.917. The van der Waals surface area contributed by atoms with Gasteiger partial charge in [0, 0.05) is 23.7 Å². The number of hydrogen-bond acceptors (Lipinski definition) is 6. The van der Waals surface area contributed by atoms with E-state index in [9.17, 15) is 4.79 Å². The van der Waals surface area contributed by atoms with Crippen molar-refractivity contribution >= 4 is 33.7 Å². The first-order valence-corrected chi connectivity index (χ1v) is 7.80. The Kier molecular flexibility index (Phi) is 4.62. The molecule has 0 fully saturated rings. The van der Waals surface area contributed by atoms with Crippen LogP contribution in [0, 0.1) is 6.92 Å². The Morgan fingerprint density at radius 2 is 2.16 bits per heavy atom. The number of carbonyl (C=O) groups excluding carboxylic acids is 1. The van der Waals surface area contributed by atoms with E-state index in [1.165, 1.54) is 22.7 Å². The normalized spacial score (nSPS) is 10.7. The molecule has 0 saturated heterocycles. The van der Waals surface area contributed by atoms with Crippen LogP contribution in [0.1, 0.15) is 28.1 Å². The van der Waals surface area contributed by atoms with Gasteiger partial charge < -0.3 is 5.73 Å². The highest BCUT2D eigenvalue weighted by Gasteiger charge is 2.21. The molecule has 1 amide bonds. The zero-order valence-corrected chi connectivity index (χ0v) is 12.6. The third-order valence-corrected chi connectivity index (χ3v) is 4.42. The van der Waals surface area contributed by atoms with Crippen LogP contribution >= 0.6 is 22.7 Å². The molecule has 2 aromatic rings. The van der Waals surface area contributed by atoms with Crippen LogP contribution in [0.4, 0.5) is 5.13 Å². The van der Waals surface area contributed by atoms with E-state index >= 15 is 0 Å². The summed E-state index contributed by atoms with van der Waals surface area (Å²) in [5.74, 6) is -0.101. The van der Waals surface area contributed by atoms with Crippen molar-refractivity contribution in [1.29, 1.82) is 0 Å². The number of aryl methyl sites for hydroxylation is 1. The lowest BCUT2D eigenvalue weighted by atomic mass is 10.4. The molecule has 0 radical (unpaired) electrons. The molecule has 7 heteroatoms. The van der Waals surface area contributed by atoms with Crippen LogP contribution < -0.4 is 10.6 Å². The number of nitrogens with zero attached hydrogens (tertiary/aromatic N) is 3. The summed E-state index contributed by atoms with van der Waals surface area (Å²) >= 11 is 2.95. The molecule has 2 rings (SSSR count). The van der Waals surface area contributed by atoms with Crippen LogP contribution in [0.5, 0.6) is 0 Å². The van der Waals surface area contributed by atoms with Gasteiger partial charge in [0.05, 0.1) is 10.7 Å². The van der Waals surface area contributed by atoms with Crippen LogP contribution in [0.2, 0.25) is 0 Å². The van der Waals surface area contributed by atoms with Gasteiger partial charge >= 0.3 is 0 Å². The van der Waals surface area contributed by atoms with Gasteiger partial charge in [-0.2, -0.15) is 0 Å². The first-order chi connectivity index (χ1) is 9.15. The number of hydrogen-bond donors (Lipinski definition) is 1. The lowest BCUT2D eigenvalue weighted by molar-refractivity contribution is 0.0984. The predicted octanol–water partition coefficient (Wildman–Crippen LogP) is 2.08. The lowest BCUT2D eigenvalue weighted by Gasteiger charge is -2.16. The maximum Gasteiger partial charge on any atom is 0.279 e. The van der Waals surface area contributed by atoms with Crippen molar-refractivity contribution in [1.82, 2.24) is 9.97 Å². The Labute approximate surface area is 120 Å². The first kappa shape index (κ1) is 14.1. The van der Waals surface area contributed by atoms with Crippen LogP contribution in [0.3, 0.4) is 0 Å². The Hall–Kier alpha value is -1.31. The molecule has 0 aromatic carbocycles. The van der Waals surface area contributed by atoms with Gasteiger partial charge in [-0.3, -0.25) is 9.69 Å². The average Bonchev–Trinajstić information content (AvgIpc) is 3.00. The molecule has 2 N–H and O–H groups in total. The second-order valence-corrected chi connectivity index (χ2v) is 5.77. The van der Waals surface area contributed by atoms with Crippen molar-refractivity contribution in [3.8, 4) is 0 Å². The van der Waals surface area contributed by atoms with Gasteiger partial charge in [-0.05, 0) is 20.4 Å². The Morgan fingerprint density at radius 3 is 2.74 bits per heavy atom. The maximum absolute atomic E-state index is 12.4. The van der Waals surface area contributed by atoms with Crippen LogP contribution in [0.25, 0.3) is 0 Å². The fraction of sp³-hybridized carbons (Fsp3) is 0.417. The highest BCUT2D eigenvalue weighted by molar-refractivity contribution is 7.14. The number of nitrogens with two attached hydrogens (primary N) is 1. The fourth-order valence-electron chi connectivity index (χ4n) is 1.62. The summed E-state index contributed by atoms with van der Waals surface area (Å²) in [7, 11) is 0. The summed E-state index contributed by atoms with van der Waals surface area (Å²) in [5, 5.41) is 5.35. The molecule has 0 aliphatic rings. The first-order valence-electron chi connectivity index (χ1n) is 6.04. The minimum Gasteiger partial charge on any atom is -0.330 e. The van der Waals surface area contributed by atoms with E-state index in [1.54, 1.807) is 10.3 Å². The third kappa shape index (κ3) is 3.17. The zero-order valence-electron chi connectivity index (χ0n) is 10.9. The second kappa shape index (κ2) is 6.23. The molecule has 102 valence electrons. The summed E-state index contributed by atoms with van der Waals surface area (Å²) < 4.78 is 0. The van der Waals surface area contributed by atoms with Crippen LogP contribution in [0.15, 0.2) is 10.8 Å². The van der Waals surface area contributed by atoms with Crippen LogP contribution in [-0.2, 0) is 6.42 Å². The number of carbonyl (C=O) groups is 1. The topological polar surface area (TPSA) is 72.1 Å². The van der Waals surface area contributed by atoms with Crippen molar-refractivity contribution < 1.29 is 4.79 Å². The molecule has 2 aromatic heterocycles. The van der Waals surface area contributed by atoms with E-state index in [-0.39, 0.29) is 5.91 Å². The summed E-state index contributed by atoms with van der Waals surface area (Å²) in [5.41, 5.74) is 6.89. The van der Waals surface area contributed by atoms with Crippen LogP contribution in [-0.4, -0.2) is 29.0 Å². The fourth-order valence-corrected chi connectivity index (χ4v) is 3.27. The van der Waals surface area contributed by atoms with Crippen molar-refractivity contribution in [3.63, 3.8) is 0 Å².